The zero-order valence-electron chi connectivity index (χ0n) is 16.2. The Bertz CT molecular complexity index is 829. The van der Waals surface area contributed by atoms with Gasteiger partial charge < -0.3 is 14.2 Å². The molecule has 142 valence electrons. The lowest BCUT2D eigenvalue weighted by Gasteiger charge is -2.23. The molecule has 0 aliphatic rings. The fraction of sp³-hybridized carbons (Fsp3) is 0.333. The third-order valence-corrected chi connectivity index (χ3v) is 4.62. The number of benzene rings is 3. The predicted octanol–water partition coefficient (Wildman–Crippen LogP) is 5.77. The van der Waals surface area contributed by atoms with E-state index in [0.717, 1.165) is 36.3 Å². The van der Waals surface area contributed by atoms with E-state index < -0.39 is 0 Å². The van der Waals surface area contributed by atoms with Gasteiger partial charge in [0.1, 0.15) is 11.9 Å². The molecule has 1 unspecified atom stereocenters. The van der Waals surface area contributed by atoms with Crippen LogP contribution in [0.1, 0.15) is 37.0 Å². The molecule has 0 aromatic heterocycles. The molecule has 0 fully saturated rings. The van der Waals surface area contributed by atoms with Crippen LogP contribution < -0.4 is 4.74 Å². The van der Waals surface area contributed by atoms with Crippen LogP contribution in [-0.4, -0.2) is 26.9 Å². The van der Waals surface area contributed by atoms with E-state index in [9.17, 15) is 0 Å². The van der Waals surface area contributed by atoms with Gasteiger partial charge in [0.2, 0.25) is 0 Å². The molecule has 0 aliphatic heterocycles. The molecule has 1 atom stereocenters. The van der Waals surface area contributed by atoms with Crippen molar-refractivity contribution in [2.45, 2.75) is 25.9 Å². The number of ether oxygens (including phenoxy) is 3. The largest absolute Gasteiger partial charge is 0.493 e. The molecular formula is C24H28O3. The van der Waals surface area contributed by atoms with Crippen LogP contribution in [0.4, 0.5) is 0 Å². The number of rotatable bonds is 10. The van der Waals surface area contributed by atoms with Gasteiger partial charge in [-0.25, -0.2) is 0 Å². The number of fused-ring (bicyclic) bond motifs is 1. The summed E-state index contributed by atoms with van der Waals surface area (Å²) in [6.07, 6.45) is 1.79. The van der Waals surface area contributed by atoms with Gasteiger partial charge >= 0.3 is 0 Å². The van der Waals surface area contributed by atoms with Gasteiger partial charge in [-0.05, 0) is 42.2 Å². The number of unbranched alkanes of at least 4 members (excludes halogenated alkanes) is 1. The SMILES string of the molecule is CCOc1ccc2ccccc2c1C(OCCCCOC)c1ccccc1. The van der Waals surface area contributed by atoms with E-state index in [2.05, 4.69) is 60.7 Å². The first kappa shape index (κ1) is 19.4. The molecule has 3 aromatic carbocycles. The van der Waals surface area contributed by atoms with Crippen molar-refractivity contribution >= 4 is 10.8 Å². The Morgan fingerprint density at radius 3 is 2.33 bits per heavy atom. The van der Waals surface area contributed by atoms with Crippen molar-refractivity contribution in [1.82, 2.24) is 0 Å². The Morgan fingerprint density at radius 1 is 0.815 bits per heavy atom. The van der Waals surface area contributed by atoms with E-state index in [-0.39, 0.29) is 6.10 Å². The molecule has 0 bridgehead atoms. The van der Waals surface area contributed by atoms with Gasteiger partial charge in [-0.15, -0.1) is 0 Å². The van der Waals surface area contributed by atoms with Gasteiger partial charge in [0.05, 0.1) is 6.61 Å². The Hall–Kier alpha value is -2.36. The molecule has 0 saturated carbocycles. The highest BCUT2D eigenvalue weighted by molar-refractivity contribution is 5.88. The highest BCUT2D eigenvalue weighted by Crippen LogP contribution is 2.38. The van der Waals surface area contributed by atoms with Crippen molar-refractivity contribution in [3.8, 4) is 5.75 Å². The molecule has 0 N–H and O–H groups in total. The summed E-state index contributed by atoms with van der Waals surface area (Å²) in [7, 11) is 1.73. The van der Waals surface area contributed by atoms with E-state index in [4.69, 9.17) is 14.2 Å². The lowest BCUT2D eigenvalue weighted by atomic mass is 9.94. The molecule has 0 aliphatic carbocycles. The Morgan fingerprint density at radius 2 is 1.56 bits per heavy atom. The molecular weight excluding hydrogens is 336 g/mol. The predicted molar refractivity (Wildman–Crippen MR) is 110 cm³/mol. The molecule has 0 amide bonds. The standard InChI is InChI=1S/C24H28O3/c1-3-26-22-16-15-19-11-7-8-14-21(19)23(22)24(20-12-5-4-6-13-20)27-18-10-9-17-25-2/h4-8,11-16,24H,3,9-10,17-18H2,1-2H3. The van der Waals surface area contributed by atoms with Crippen molar-refractivity contribution in [3.63, 3.8) is 0 Å². The van der Waals surface area contributed by atoms with Crippen molar-refractivity contribution in [2.24, 2.45) is 0 Å². The van der Waals surface area contributed by atoms with Crippen LogP contribution in [0.2, 0.25) is 0 Å². The maximum Gasteiger partial charge on any atom is 0.126 e. The minimum atomic E-state index is -0.165. The van der Waals surface area contributed by atoms with Gasteiger partial charge in [0.15, 0.2) is 0 Å². The van der Waals surface area contributed by atoms with Crippen LogP contribution in [0.3, 0.4) is 0 Å². The molecule has 3 heteroatoms. The van der Waals surface area contributed by atoms with Crippen LogP contribution in [0.5, 0.6) is 5.75 Å². The third-order valence-electron chi connectivity index (χ3n) is 4.62. The van der Waals surface area contributed by atoms with Crippen molar-refractivity contribution < 1.29 is 14.2 Å². The van der Waals surface area contributed by atoms with E-state index in [0.29, 0.717) is 13.2 Å². The molecule has 3 rings (SSSR count). The minimum Gasteiger partial charge on any atom is -0.493 e. The normalized spacial score (nSPS) is 12.2. The summed E-state index contributed by atoms with van der Waals surface area (Å²) < 4.78 is 17.6. The summed E-state index contributed by atoms with van der Waals surface area (Å²) in [5, 5.41) is 2.37. The number of hydrogen-bond acceptors (Lipinski definition) is 3. The minimum absolute atomic E-state index is 0.165. The van der Waals surface area contributed by atoms with E-state index >= 15 is 0 Å². The molecule has 3 nitrogen and oxygen atoms in total. The summed E-state index contributed by atoms with van der Waals surface area (Å²) >= 11 is 0. The zero-order valence-corrected chi connectivity index (χ0v) is 16.2. The van der Waals surface area contributed by atoms with Gasteiger partial charge in [0.25, 0.3) is 0 Å². The number of methoxy groups -OCH3 is 1. The summed E-state index contributed by atoms with van der Waals surface area (Å²) in [4.78, 5) is 0. The van der Waals surface area contributed by atoms with Gasteiger partial charge in [-0.2, -0.15) is 0 Å². The summed E-state index contributed by atoms with van der Waals surface area (Å²) in [6.45, 7) is 4.08. The van der Waals surface area contributed by atoms with Crippen molar-refractivity contribution in [3.05, 3.63) is 77.9 Å². The van der Waals surface area contributed by atoms with Crippen LogP contribution in [0, 0.1) is 0 Å². The second-order valence-corrected chi connectivity index (χ2v) is 6.49. The van der Waals surface area contributed by atoms with E-state index in [1.807, 2.05) is 13.0 Å². The van der Waals surface area contributed by atoms with Crippen LogP contribution in [0.25, 0.3) is 10.8 Å². The average molecular weight is 364 g/mol. The maximum atomic E-state index is 6.42. The summed E-state index contributed by atoms with van der Waals surface area (Å²) in [5.41, 5.74) is 2.24. The van der Waals surface area contributed by atoms with Gasteiger partial charge in [0, 0.05) is 25.9 Å². The Labute approximate surface area is 161 Å². The summed E-state index contributed by atoms with van der Waals surface area (Å²) in [6, 6.07) is 23.0. The molecule has 0 heterocycles. The lowest BCUT2D eigenvalue weighted by molar-refractivity contribution is 0.0709. The molecule has 0 saturated heterocycles. The highest BCUT2D eigenvalue weighted by Gasteiger charge is 2.22. The first-order valence-electron chi connectivity index (χ1n) is 9.65. The fourth-order valence-corrected chi connectivity index (χ4v) is 3.35. The smallest absolute Gasteiger partial charge is 0.126 e. The summed E-state index contributed by atoms with van der Waals surface area (Å²) in [5.74, 6) is 0.891. The quantitative estimate of drug-likeness (QED) is 0.427. The second kappa shape index (κ2) is 10.1. The molecule has 3 aromatic rings. The first-order valence-corrected chi connectivity index (χ1v) is 9.65. The maximum absolute atomic E-state index is 6.42. The molecule has 0 spiro atoms. The van der Waals surface area contributed by atoms with Crippen molar-refractivity contribution in [2.75, 3.05) is 26.9 Å². The van der Waals surface area contributed by atoms with Crippen LogP contribution in [0.15, 0.2) is 66.7 Å². The topological polar surface area (TPSA) is 27.7 Å². The zero-order chi connectivity index (χ0) is 18.9. The van der Waals surface area contributed by atoms with Gasteiger partial charge in [-0.1, -0.05) is 60.7 Å². The molecule has 0 radical (unpaired) electrons. The van der Waals surface area contributed by atoms with Crippen LogP contribution >= 0.6 is 0 Å². The Balaban J connectivity index is 2.01. The molecule has 27 heavy (non-hydrogen) atoms. The number of hydrogen-bond donors (Lipinski definition) is 0. The highest BCUT2D eigenvalue weighted by atomic mass is 16.5. The average Bonchev–Trinajstić information content (AvgIpc) is 2.72. The van der Waals surface area contributed by atoms with E-state index in [1.54, 1.807) is 7.11 Å². The Kier molecular flexibility index (Phi) is 7.26. The monoisotopic (exact) mass is 364 g/mol. The fourth-order valence-electron chi connectivity index (χ4n) is 3.35. The lowest BCUT2D eigenvalue weighted by Crippen LogP contribution is -2.11. The van der Waals surface area contributed by atoms with Gasteiger partial charge in [-0.3, -0.25) is 0 Å². The van der Waals surface area contributed by atoms with E-state index in [1.165, 1.54) is 10.8 Å². The van der Waals surface area contributed by atoms with Crippen molar-refractivity contribution in [1.29, 1.82) is 0 Å². The third kappa shape index (κ3) is 4.88. The second-order valence-electron chi connectivity index (χ2n) is 6.49. The first-order chi connectivity index (χ1) is 13.3. The van der Waals surface area contributed by atoms with Crippen LogP contribution in [-0.2, 0) is 9.47 Å².